The van der Waals surface area contributed by atoms with Crippen molar-refractivity contribution in [1.82, 2.24) is 15.4 Å². The van der Waals surface area contributed by atoms with Crippen molar-refractivity contribution < 1.29 is 8.42 Å². The lowest BCUT2D eigenvalue weighted by atomic mass is 10.1. The molecule has 9 heteroatoms. The van der Waals surface area contributed by atoms with Crippen LogP contribution in [0.4, 0.5) is 0 Å². The van der Waals surface area contributed by atoms with E-state index in [9.17, 15) is 8.42 Å². The molecule has 0 spiro atoms. The third-order valence-electron chi connectivity index (χ3n) is 4.26. The minimum Gasteiger partial charge on any atom is -0.352 e. The largest absolute Gasteiger partial charge is 0.352 e. The Morgan fingerprint density at radius 1 is 1.03 bits per heavy atom. The fraction of sp³-hybridized carbons (Fsp3) is 0.350. The third-order valence-corrected chi connectivity index (χ3v) is 6.42. The van der Waals surface area contributed by atoms with Gasteiger partial charge in [-0.25, -0.2) is 13.1 Å². The number of hydrogen-bond acceptors (Lipinski definition) is 4. The molecule has 2 aromatic carbocycles. The van der Waals surface area contributed by atoms with E-state index in [4.69, 9.17) is 0 Å². The summed E-state index contributed by atoms with van der Waals surface area (Å²) in [6.45, 7) is 3.38. The van der Waals surface area contributed by atoms with Gasteiger partial charge in [0.2, 0.25) is 10.0 Å². The fourth-order valence-corrected chi connectivity index (χ4v) is 4.11. The summed E-state index contributed by atoms with van der Waals surface area (Å²) in [7, 11) is -0.0905. The maximum absolute atomic E-state index is 11.6. The molecule has 160 valence electrons. The van der Waals surface area contributed by atoms with E-state index in [-0.39, 0.29) is 29.7 Å². The molecule has 0 fully saturated rings. The molecule has 0 radical (unpaired) electrons. The molecule has 0 aliphatic carbocycles. The molecule has 0 saturated carbocycles. The van der Waals surface area contributed by atoms with Crippen LogP contribution in [0.2, 0.25) is 0 Å². The molecule has 0 saturated heterocycles. The van der Waals surface area contributed by atoms with E-state index in [0.29, 0.717) is 13.1 Å². The summed E-state index contributed by atoms with van der Waals surface area (Å²) < 4.78 is 25.5. The van der Waals surface area contributed by atoms with Gasteiger partial charge in [-0.15, -0.1) is 35.7 Å². The van der Waals surface area contributed by atoms with Gasteiger partial charge in [0.25, 0.3) is 0 Å². The zero-order valence-corrected chi connectivity index (χ0v) is 21.1. The van der Waals surface area contributed by atoms with Gasteiger partial charge in [-0.3, -0.25) is 4.99 Å². The monoisotopic (exact) mass is 548 g/mol. The number of aliphatic imine (C=N–C) groups is 1. The van der Waals surface area contributed by atoms with Crippen LogP contribution in [0, 0.1) is 6.92 Å². The Bertz CT molecular complexity index is 917. The van der Waals surface area contributed by atoms with E-state index in [2.05, 4.69) is 51.7 Å². The van der Waals surface area contributed by atoms with E-state index in [1.807, 2.05) is 24.3 Å². The average molecular weight is 549 g/mol. The predicted octanol–water partition coefficient (Wildman–Crippen LogP) is 3.25. The second-order valence-electron chi connectivity index (χ2n) is 6.37. The maximum Gasteiger partial charge on any atom is 0.215 e. The molecule has 2 rings (SSSR count). The zero-order valence-electron chi connectivity index (χ0n) is 17.2. The lowest BCUT2D eigenvalue weighted by molar-refractivity contribution is 0.587. The van der Waals surface area contributed by atoms with Crippen molar-refractivity contribution in [3.63, 3.8) is 0 Å². The van der Waals surface area contributed by atoms with Crippen molar-refractivity contribution in [1.29, 1.82) is 0 Å². The van der Waals surface area contributed by atoms with E-state index >= 15 is 0 Å². The lowest BCUT2D eigenvalue weighted by Crippen LogP contribution is -2.36. The van der Waals surface area contributed by atoms with Gasteiger partial charge in [0, 0.05) is 25.0 Å². The molecule has 6 nitrogen and oxygen atoms in total. The first kappa shape index (κ1) is 25.7. The fourth-order valence-electron chi connectivity index (χ4n) is 2.63. The number of aryl methyl sites for hydroxylation is 1. The highest BCUT2D eigenvalue weighted by molar-refractivity contribution is 14.0. The second kappa shape index (κ2) is 12.4. The number of rotatable bonds is 8. The summed E-state index contributed by atoms with van der Waals surface area (Å²) in [6.07, 6.45) is 2.08. The summed E-state index contributed by atoms with van der Waals surface area (Å²) in [5.41, 5.74) is 4.29. The molecule has 0 aliphatic heterocycles. The number of halogens is 1. The van der Waals surface area contributed by atoms with E-state index in [1.54, 1.807) is 18.8 Å². The highest BCUT2D eigenvalue weighted by atomic mass is 127. The van der Waals surface area contributed by atoms with Crippen LogP contribution in [0.25, 0.3) is 0 Å². The second-order valence-corrected chi connectivity index (χ2v) is 9.15. The molecule has 2 aromatic rings. The zero-order chi connectivity index (χ0) is 20.6. The summed E-state index contributed by atoms with van der Waals surface area (Å²) in [5.74, 6) is 0.698. The van der Waals surface area contributed by atoms with Crippen molar-refractivity contribution in [3.05, 3.63) is 64.7 Å². The number of nitrogens with one attached hydrogen (secondary N) is 3. The normalized spacial score (nSPS) is 11.7. The van der Waals surface area contributed by atoms with E-state index < -0.39 is 10.0 Å². The van der Waals surface area contributed by atoms with Gasteiger partial charge in [0.05, 0.1) is 5.75 Å². The van der Waals surface area contributed by atoms with Crippen LogP contribution in [0.5, 0.6) is 0 Å². The smallest absolute Gasteiger partial charge is 0.215 e. The summed E-state index contributed by atoms with van der Waals surface area (Å²) in [5, 5.41) is 6.62. The number of sulfonamides is 1. The molecular formula is C20H29IN4O2S2. The molecule has 0 atom stereocenters. The first-order chi connectivity index (χ1) is 13.4. The minimum atomic E-state index is -3.25. The van der Waals surface area contributed by atoms with Crippen LogP contribution in [-0.4, -0.2) is 34.7 Å². The molecule has 0 amide bonds. The summed E-state index contributed by atoms with van der Waals surface area (Å²) >= 11 is 1.74. The van der Waals surface area contributed by atoms with Crippen LogP contribution in [0.3, 0.4) is 0 Å². The SMILES string of the molecule is CN=C(NCc1ccc(CS(=O)(=O)NC)cc1)NCc1ccc(C)cc1SC.I. The Morgan fingerprint density at radius 2 is 1.66 bits per heavy atom. The van der Waals surface area contributed by atoms with Gasteiger partial charge < -0.3 is 10.6 Å². The molecule has 29 heavy (non-hydrogen) atoms. The Balaban J connectivity index is 0.00000420. The molecule has 0 heterocycles. The van der Waals surface area contributed by atoms with Gasteiger partial charge in [-0.05, 0) is 48.5 Å². The topological polar surface area (TPSA) is 82.6 Å². The predicted molar refractivity (Wildman–Crippen MR) is 134 cm³/mol. The summed E-state index contributed by atoms with van der Waals surface area (Å²) in [6, 6.07) is 14.0. The molecule has 0 aliphatic rings. The standard InChI is InChI=1S/C20H28N4O2S2.HI/c1-15-5-10-18(19(11-15)27-4)13-24-20(21-2)23-12-16-6-8-17(9-7-16)14-28(25,26)22-3;/h5-11,22H,12-14H2,1-4H3,(H2,21,23,24);1H. The first-order valence-corrected chi connectivity index (χ1v) is 11.8. The molecule has 0 unspecified atom stereocenters. The Labute approximate surface area is 195 Å². The molecule has 0 aromatic heterocycles. The van der Waals surface area contributed by atoms with Crippen molar-refractivity contribution in [2.75, 3.05) is 20.4 Å². The van der Waals surface area contributed by atoms with Crippen LogP contribution in [0.15, 0.2) is 52.4 Å². The van der Waals surface area contributed by atoms with Gasteiger partial charge in [0.15, 0.2) is 5.96 Å². The minimum absolute atomic E-state index is 0. The number of nitrogens with zero attached hydrogens (tertiary/aromatic N) is 1. The highest BCUT2D eigenvalue weighted by Crippen LogP contribution is 2.21. The van der Waals surface area contributed by atoms with Crippen molar-refractivity contribution in [2.24, 2.45) is 4.99 Å². The van der Waals surface area contributed by atoms with Crippen LogP contribution in [-0.2, 0) is 28.9 Å². The Hall–Kier alpha value is -1.30. The van der Waals surface area contributed by atoms with Crippen molar-refractivity contribution >= 4 is 51.7 Å². The van der Waals surface area contributed by atoms with Crippen LogP contribution >= 0.6 is 35.7 Å². The molecule has 3 N–H and O–H groups in total. The van der Waals surface area contributed by atoms with Crippen LogP contribution in [0.1, 0.15) is 22.3 Å². The quantitative estimate of drug-likeness (QED) is 0.204. The van der Waals surface area contributed by atoms with Crippen LogP contribution < -0.4 is 15.4 Å². The van der Waals surface area contributed by atoms with Gasteiger partial charge in [-0.1, -0.05) is 36.4 Å². The number of hydrogen-bond donors (Lipinski definition) is 3. The highest BCUT2D eigenvalue weighted by Gasteiger charge is 2.08. The third kappa shape index (κ3) is 8.53. The number of benzene rings is 2. The lowest BCUT2D eigenvalue weighted by Gasteiger charge is -2.14. The molecular weight excluding hydrogens is 519 g/mol. The maximum atomic E-state index is 11.6. The van der Waals surface area contributed by atoms with Crippen molar-refractivity contribution in [3.8, 4) is 0 Å². The first-order valence-electron chi connectivity index (χ1n) is 8.94. The van der Waals surface area contributed by atoms with Gasteiger partial charge in [0.1, 0.15) is 0 Å². The number of guanidine groups is 1. The van der Waals surface area contributed by atoms with Gasteiger partial charge >= 0.3 is 0 Å². The van der Waals surface area contributed by atoms with E-state index in [0.717, 1.165) is 17.1 Å². The van der Waals surface area contributed by atoms with Gasteiger partial charge in [-0.2, -0.15) is 0 Å². The average Bonchev–Trinajstić information content (AvgIpc) is 2.69. The Morgan fingerprint density at radius 3 is 2.24 bits per heavy atom. The summed E-state index contributed by atoms with van der Waals surface area (Å²) in [4.78, 5) is 5.53. The Kier molecular flexibility index (Phi) is 11.0. The molecule has 0 bridgehead atoms. The van der Waals surface area contributed by atoms with E-state index in [1.165, 1.54) is 23.1 Å². The van der Waals surface area contributed by atoms with Crippen molar-refractivity contribution in [2.45, 2.75) is 30.7 Å². The number of thioether (sulfide) groups is 1.